The van der Waals surface area contributed by atoms with Gasteiger partial charge < -0.3 is 10.4 Å². The number of carboxylic acids is 1. The third-order valence-corrected chi connectivity index (χ3v) is 3.96. The summed E-state index contributed by atoms with van der Waals surface area (Å²) in [6.45, 7) is 1.27. The molecule has 4 nitrogen and oxygen atoms in total. The van der Waals surface area contributed by atoms with Crippen LogP contribution in [0.15, 0.2) is 0 Å². The lowest BCUT2D eigenvalue weighted by molar-refractivity contribution is -0.154. The summed E-state index contributed by atoms with van der Waals surface area (Å²) in [5.41, 5.74) is -1.13. The van der Waals surface area contributed by atoms with Gasteiger partial charge in [0, 0.05) is 12.5 Å². The molecule has 1 fully saturated rings. The number of amides is 1. The van der Waals surface area contributed by atoms with Gasteiger partial charge in [0.25, 0.3) is 0 Å². The largest absolute Gasteiger partial charge is 0.481 e. The van der Waals surface area contributed by atoms with E-state index in [4.69, 9.17) is 0 Å². The quantitative estimate of drug-likeness (QED) is 0.766. The highest BCUT2D eigenvalue weighted by atomic mass is 19.4. The lowest BCUT2D eigenvalue weighted by Gasteiger charge is -2.28. The molecule has 0 aromatic carbocycles. The summed E-state index contributed by atoms with van der Waals surface area (Å²) in [5, 5.41) is 11.7. The van der Waals surface area contributed by atoms with E-state index < -0.39 is 35.9 Å². The molecule has 1 rings (SSSR count). The summed E-state index contributed by atoms with van der Waals surface area (Å²) < 4.78 is 36.7. The predicted molar refractivity (Wildman–Crippen MR) is 70.7 cm³/mol. The fourth-order valence-corrected chi connectivity index (χ4v) is 2.90. The Balaban J connectivity index is 2.62. The number of hydrogen-bond acceptors (Lipinski definition) is 2. The molecule has 1 saturated carbocycles. The van der Waals surface area contributed by atoms with E-state index in [2.05, 4.69) is 5.32 Å². The molecule has 0 aliphatic heterocycles. The number of alkyl halides is 3. The molecule has 0 bridgehead atoms. The van der Waals surface area contributed by atoms with Gasteiger partial charge in [-0.05, 0) is 19.8 Å². The molecule has 0 heterocycles. The molecule has 1 amide bonds. The third kappa shape index (κ3) is 5.93. The number of nitrogens with one attached hydrogen (secondary N) is 1. The molecule has 7 heteroatoms. The molecule has 0 aromatic rings. The van der Waals surface area contributed by atoms with Gasteiger partial charge in [0.1, 0.15) is 0 Å². The standard InChI is InChI=1S/C14H22F3NO3/c1-10(8-14(15,16)17)18-11(19)9-13(12(20)21)6-4-2-3-5-7-13/h10H,2-9H2,1H3,(H,18,19)(H,20,21). The number of carbonyl (C=O) groups is 2. The number of halogens is 3. The second kappa shape index (κ2) is 7.13. The summed E-state index contributed by atoms with van der Waals surface area (Å²) >= 11 is 0. The minimum Gasteiger partial charge on any atom is -0.481 e. The van der Waals surface area contributed by atoms with Crippen LogP contribution in [0.1, 0.15) is 58.3 Å². The fraction of sp³-hybridized carbons (Fsp3) is 0.857. The van der Waals surface area contributed by atoms with Crippen LogP contribution in [-0.4, -0.2) is 29.2 Å². The zero-order valence-electron chi connectivity index (χ0n) is 12.1. The molecule has 1 unspecified atom stereocenters. The van der Waals surface area contributed by atoms with Gasteiger partial charge in [0.15, 0.2) is 0 Å². The SMILES string of the molecule is CC(CC(F)(F)F)NC(=O)CC1(C(=O)O)CCCCCC1. The molecule has 1 atom stereocenters. The monoisotopic (exact) mass is 309 g/mol. The molecule has 122 valence electrons. The van der Waals surface area contributed by atoms with E-state index in [-0.39, 0.29) is 6.42 Å². The van der Waals surface area contributed by atoms with E-state index in [1.165, 1.54) is 6.92 Å². The Labute approximate surface area is 122 Å². The maximum absolute atomic E-state index is 12.2. The van der Waals surface area contributed by atoms with Crippen molar-refractivity contribution in [2.45, 2.75) is 70.5 Å². The molecule has 0 spiro atoms. The van der Waals surface area contributed by atoms with Crippen LogP contribution >= 0.6 is 0 Å². The number of rotatable bonds is 5. The summed E-state index contributed by atoms with van der Waals surface area (Å²) in [6.07, 6.45) is -1.56. The van der Waals surface area contributed by atoms with Gasteiger partial charge in [0.05, 0.1) is 11.8 Å². The molecular formula is C14H22F3NO3. The highest BCUT2D eigenvalue weighted by Crippen LogP contribution is 2.38. The molecule has 21 heavy (non-hydrogen) atoms. The molecule has 1 aliphatic carbocycles. The highest BCUT2D eigenvalue weighted by Gasteiger charge is 2.41. The van der Waals surface area contributed by atoms with Crippen molar-refractivity contribution in [1.29, 1.82) is 0 Å². The van der Waals surface area contributed by atoms with Gasteiger partial charge in [-0.25, -0.2) is 0 Å². The van der Waals surface area contributed by atoms with Crippen LogP contribution in [0.3, 0.4) is 0 Å². The third-order valence-electron chi connectivity index (χ3n) is 3.96. The molecular weight excluding hydrogens is 287 g/mol. The average molecular weight is 309 g/mol. The van der Waals surface area contributed by atoms with Gasteiger partial charge in [-0.1, -0.05) is 25.7 Å². The maximum atomic E-state index is 12.2. The van der Waals surface area contributed by atoms with E-state index in [0.29, 0.717) is 12.8 Å². The highest BCUT2D eigenvalue weighted by molar-refractivity contribution is 5.85. The van der Waals surface area contributed by atoms with Crippen molar-refractivity contribution in [3.8, 4) is 0 Å². The van der Waals surface area contributed by atoms with Gasteiger partial charge in [0.2, 0.25) is 5.91 Å². The molecule has 0 radical (unpaired) electrons. The number of hydrogen-bond donors (Lipinski definition) is 2. The van der Waals surface area contributed by atoms with E-state index >= 15 is 0 Å². The van der Waals surface area contributed by atoms with Crippen molar-refractivity contribution >= 4 is 11.9 Å². The van der Waals surface area contributed by atoms with Crippen LogP contribution in [0.25, 0.3) is 0 Å². The Morgan fingerprint density at radius 3 is 2.14 bits per heavy atom. The van der Waals surface area contributed by atoms with E-state index in [1.54, 1.807) is 0 Å². The topological polar surface area (TPSA) is 66.4 Å². The Bertz CT molecular complexity index is 374. The molecule has 0 aromatic heterocycles. The second-order valence-electron chi connectivity index (χ2n) is 5.96. The zero-order chi connectivity index (χ0) is 16.1. The smallest absolute Gasteiger partial charge is 0.391 e. The van der Waals surface area contributed by atoms with E-state index in [1.807, 2.05) is 0 Å². The Kier molecular flexibility index (Phi) is 6.04. The first kappa shape index (κ1) is 17.8. The first-order valence-corrected chi connectivity index (χ1v) is 7.24. The number of aliphatic carboxylic acids is 1. The minimum absolute atomic E-state index is 0.246. The lowest BCUT2D eigenvalue weighted by atomic mass is 9.77. The maximum Gasteiger partial charge on any atom is 0.391 e. The minimum atomic E-state index is -4.35. The van der Waals surface area contributed by atoms with Crippen LogP contribution in [0.5, 0.6) is 0 Å². The lowest BCUT2D eigenvalue weighted by Crippen LogP contribution is -2.41. The van der Waals surface area contributed by atoms with Crippen LogP contribution in [0.2, 0.25) is 0 Å². The van der Waals surface area contributed by atoms with Crippen molar-refractivity contribution in [1.82, 2.24) is 5.32 Å². The second-order valence-corrected chi connectivity index (χ2v) is 5.96. The Morgan fingerprint density at radius 2 is 1.71 bits per heavy atom. The molecule has 2 N–H and O–H groups in total. The first-order valence-electron chi connectivity index (χ1n) is 7.24. The van der Waals surface area contributed by atoms with Crippen molar-refractivity contribution in [2.24, 2.45) is 5.41 Å². The summed E-state index contributed by atoms with van der Waals surface area (Å²) in [5.74, 6) is -1.64. The van der Waals surface area contributed by atoms with Crippen LogP contribution in [-0.2, 0) is 9.59 Å². The van der Waals surface area contributed by atoms with Gasteiger partial charge in [-0.2, -0.15) is 13.2 Å². The zero-order valence-corrected chi connectivity index (χ0v) is 12.1. The van der Waals surface area contributed by atoms with Crippen molar-refractivity contribution < 1.29 is 27.9 Å². The number of carboxylic acid groups (broad SMARTS) is 1. The Hall–Kier alpha value is -1.27. The first-order chi connectivity index (χ1) is 9.65. The van der Waals surface area contributed by atoms with Gasteiger partial charge in [-0.15, -0.1) is 0 Å². The molecule has 0 saturated heterocycles. The predicted octanol–water partition coefficient (Wildman–Crippen LogP) is 3.26. The molecule has 1 aliphatic rings. The van der Waals surface area contributed by atoms with Crippen LogP contribution in [0, 0.1) is 5.41 Å². The normalized spacial score (nSPS) is 20.4. The van der Waals surface area contributed by atoms with Crippen molar-refractivity contribution in [3.05, 3.63) is 0 Å². The van der Waals surface area contributed by atoms with E-state index in [0.717, 1.165) is 25.7 Å². The van der Waals surface area contributed by atoms with Crippen molar-refractivity contribution in [3.63, 3.8) is 0 Å². The Morgan fingerprint density at radius 1 is 1.19 bits per heavy atom. The number of carbonyl (C=O) groups excluding carboxylic acids is 1. The summed E-state index contributed by atoms with van der Waals surface area (Å²) in [6, 6.07) is -1.05. The van der Waals surface area contributed by atoms with Crippen LogP contribution < -0.4 is 5.32 Å². The van der Waals surface area contributed by atoms with Gasteiger partial charge in [-0.3, -0.25) is 9.59 Å². The summed E-state index contributed by atoms with van der Waals surface area (Å²) in [4.78, 5) is 23.4. The van der Waals surface area contributed by atoms with Crippen molar-refractivity contribution in [2.75, 3.05) is 0 Å². The van der Waals surface area contributed by atoms with Gasteiger partial charge >= 0.3 is 12.1 Å². The fourth-order valence-electron chi connectivity index (χ4n) is 2.90. The average Bonchev–Trinajstić information content (AvgIpc) is 2.52. The van der Waals surface area contributed by atoms with Crippen LogP contribution in [0.4, 0.5) is 13.2 Å². The van der Waals surface area contributed by atoms with E-state index in [9.17, 15) is 27.9 Å². The summed E-state index contributed by atoms with van der Waals surface area (Å²) in [7, 11) is 0.